The minimum Gasteiger partial charge on any atom is -0.467 e. The van der Waals surface area contributed by atoms with Crippen LogP contribution in [0.3, 0.4) is 0 Å². The van der Waals surface area contributed by atoms with Crippen LogP contribution in [0.15, 0.2) is 50.7 Å². The molecule has 0 aliphatic carbocycles. The first-order valence-electron chi connectivity index (χ1n) is 8.34. The van der Waals surface area contributed by atoms with E-state index in [2.05, 4.69) is 15.3 Å². The fraction of sp³-hybridized carbons (Fsp3) is 0.263. The molecule has 0 radical (unpaired) electrons. The fourth-order valence-electron chi connectivity index (χ4n) is 2.60. The highest BCUT2D eigenvalue weighted by Gasteiger charge is 2.19. The molecule has 0 aromatic carbocycles. The van der Waals surface area contributed by atoms with Crippen molar-refractivity contribution in [2.45, 2.75) is 31.8 Å². The number of nitrogens with zero attached hydrogens (tertiary/aromatic N) is 2. The molecule has 3 heterocycles. The van der Waals surface area contributed by atoms with E-state index >= 15 is 0 Å². The molecule has 8 heteroatoms. The minimum atomic E-state index is -0.244. The van der Waals surface area contributed by atoms with E-state index in [0.717, 1.165) is 0 Å². The molecule has 0 unspecified atom stereocenters. The number of carbonyl (C=O) groups is 2. The second-order valence-electron chi connectivity index (χ2n) is 5.94. The predicted molar refractivity (Wildman–Crippen MR) is 100 cm³/mol. The molecule has 3 aromatic heterocycles. The van der Waals surface area contributed by atoms with Crippen molar-refractivity contribution in [1.29, 1.82) is 0 Å². The van der Waals surface area contributed by atoms with Gasteiger partial charge in [0.05, 0.1) is 35.6 Å². The molecule has 1 N–H and O–H groups in total. The minimum absolute atomic E-state index is 0.110. The summed E-state index contributed by atoms with van der Waals surface area (Å²) in [6.45, 7) is 5.04. The number of carbonyl (C=O) groups excluding carboxylic acids is 2. The summed E-state index contributed by atoms with van der Waals surface area (Å²) in [5.74, 6) is 1.34. The molecular formula is C19H19N3O4S. The van der Waals surface area contributed by atoms with E-state index in [1.165, 1.54) is 24.9 Å². The van der Waals surface area contributed by atoms with E-state index in [9.17, 15) is 9.59 Å². The lowest BCUT2D eigenvalue weighted by atomic mass is 10.2. The van der Waals surface area contributed by atoms with Crippen LogP contribution >= 0.6 is 11.8 Å². The Morgan fingerprint density at radius 2 is 1.93 bits per heavy atom. The van der Waals surface area contributed by atoms with Gasteiger partial charge in [0.25, 0.3) is 0 Å². The van der Waals surface area contributed by atoms with Crippen molar-refractivity contribution in [3.63, 3.8) is 0 Å². The lowest BCUT2D eigenvalue weighted by Crippen LogP contribution is -2.28. The molecular weight excluding hydrogens is 366 g/mol. The first-order valence-corrected chi connectivity index (χ1v) is 9.33. The number of hydrogen-bond donors (Lipinski definition) is 1. The van der Waals surface area contributed by atoms with Crippen LogP contribution in [-0.2, 0) is 4.79 Å². The summed E-state index contributed by atoms with van der Waals surface area (Å²) in [7, 11) is 0. The number of thioether (sulfide) groups is 1. The standard InChI is InChI=1S/C19H19N3O4S/c1-11(14-6-4-8-25-14)20-16(24)10-27-19-17(13(3)23)12(2)21-18(22-19)15-7-5-9-26-15/h4-9,11H,10H2,1-3H3,(H,20,24)/t11-/m1/s1. The van der Waals surface area contributed by atoms with Gasteiger partial charge in [-0.2, -0.15) is 0 Å². The second kappa shape index (κ2) is 8.22. The number of Topliss-reactive ketones (excluding diaryl/α,β-unsaturated/α-hetero) is 1. The molecule has 0 saturated heterocycles. The lowest BCUT2D eigenvalue weighted by Gasteiger charge is -2.13. The van der Waals surface area contributed by atoms with Crippen molar-refractivity contribution in [1.82, 2.24) is 15.3 Å². The normalized spacial score (nSPS) is 12.0. The second-order valence-corrected chi connectivity index (χ2v) is 6.90. The highest BCUT2D eigenvalue weighted by Crippen LogP contribution is 2.27. The van der Waals surface area contributed by atoms with Gasteiger partial charge < -0.3 is 14.2 Å². The Bertz CT molecular complexity index is 936. The third-order valence-electron chi connectivity index (χ3n) is 3.84. The number of furan rings is 2. The maximum Gasteiger partial charge on any atom is 0.230 e. The molecule has 0 fully saturated rings. The van der Waals surface area contributed by atoms with Gasteiger partial charge in [-0.05, 0) is 45.0 Å². The summed E-state index contributed by atoms with van der Waals surface area (Å²) in [4.78, 5) is 33.1. The van der Waals surface area contributed by atoms with Crippen molar-refractivity contribution >= 4 is 23.5 Å². The van der Waals surface area contributed by atoms with E-state index in [-0.39, 0.29) is 23.5 Å². The van der Waals surface area contributed by atoms with Crippen molar-refractivity contribution in [2.24, 2.45) is 0 Å². The molecule has 140 valence electrons. The summed E-state index contributed by atoms with van der Waals surface area (Å²) in [5.41, 5.74) is 0.970. The van der Waals surface area contributed by atoms with Crippen LogP contribution in [0.2, 0.25) is 0 Å². The third kappa shape index (κ3) is 4.46. The molecule has 3 rings (SSSR count). The zero-order chi connectivity index (χ0) is 19.4. The average Bonchev–Trinajstić information content (AvgIpc) is 3.32. The zero-order valence-electron chi connectivity index (χ0n) is 15.2. The quantitative estimate of drug-likeness (QED) is 0.375. The smallest absolute Gasteiger partial charge is 0.230 e. The van der Waals surface area contributed by atoms with Gasteiger partial charge in [0.1, 0.15) is 10.8 Å². The van der Waals surface area contributed by atoms with Crippen molar-refractivity contribution in [3.05, 3.63) is 53.8 Å². The van der Waals surface area contributed by atoms with Crippen LogP contribution in [-0.4, -0.2) is 27.4 Å². The molecule has 3 aromatic rings. The molecule has 0 aliphatic heterocycles. The number of hydrogen-bond acceptors (Lipinski definition) is 7. The number of aromatic nitrogens is 2. The Labute approximate surface area is 160 Å². The highest BCUT2D eigenvalue weighted by atomic mass is 32.2. The summed E-state index contributed by atoms with van der Waals surface area (Å²) in [6, 6.07) is 6.81. The van der Waals surface area contributed by atoms with Crippen molar-refractivity contribution < 1.29 is 18.4 Å². The van der Waals surface area contributed by atoms with Gasteiger partial charge in [0.2, 0.25) is 5.91 Å². The van der Waals surface area contributed by atoms with Gasteiger partial charge >= 0.3 is 0 Å². The Hall–Kier alpha value is -2.87. The molecule has 0 spiro atoms. The number of ketones is 1. The fourth-order valence-corrected chi connectivity index (χ4v) is 3.54. The van der Waals surface area contributed by atoms with E-state index < -0.39 is 0 Å². The highest BCUT2D eigenvalue weighted by molar-refractivity contribution is 8.00. The Kier molecular flexibility index (Phi) is 5.75. The number of aryl methyl sites for hydroxylation is 1. The van der Waals surface area contributed by atoms with Crippen molar-refractivity contribution in [2.75, 3.05) is 5.75 Å². The molecule has 7 nitrogen and oxygen atoms in total. The molecule has 0 bridgehead atoms. The van der Waals surface area contributed by atoms with E-state index in [4.69, 9.17) is 8.83 Å². The SMILES string of the molecule is CC(=O)c1c(C)nc(-c2ccco2)nc1SCC(=O)N[C@H](C)c1ccco1. The van der Waals surface area contributed by atoms with Gasteiger partial charge in [-0.15, -0.1) is 0 Å². The van der Waals surface area contributed by atoms with Crippen molar-refractivity contribution in [3.8, 4) is 11.6 Å². The maximum atomic E-state index is 12.3. The van der Waals surface area contributed by atoms with Crippen LogP contribution in [0.1, 0.15) is 41.7 Å². The maximum absolute atomic E-state index is 12.3. The summed E-state index contributed by atoms with van der Waals surface area (Å²) < 4.78 is 10.6. The molecule has 27 heavy (non-hydrogen) atoms. The zero-order valence-corrected chi connectivity index (χ0v) is 16.0. The van der Waals surface area contributed by atoms with Gasteiger partial charge in [-0.3, -0.25) is 9.59 Å². The van der Waals surface area contributed by atoms with E-state index in [1.807, 2.05) is 6.92 Å². The first kappa shape index (κ1) is 18.9. The monoisotopic (exact) mass is 385 g/mol. The molecule has 0 saturated carbocycles. The van der Waals surface area contributed by atoms with Crippen LogP contribution in [0.5, 0.6) is 0 Å². The summed E-state index contributed by atoms with van der Waals surface area (Å²) in [5, 5.41) is 3.32. The third-order valence-corrected chi connectivity index (χ3v) is 4.81. The average molecular weight is 385 g/mol. The lowest BCUT2D eigenvalue weighted by molar-refractivity contribution is -0.119. The van der Waals surface area contributed by atoms with Gasteiger partial charge in [0, 0.05) is 0 Å². The van der Waals surface area contributed by atoms with Crippen LogP contribution in [0.25, 0.3) is 11.6 Å². The topological polar surface area (TPSA) is 98.2 Å². The molecule has 1 atom stereocenters. The van der Waals surface area contributed by atoms with Gasteiger partial charge in [-0.25, -0.2) is 9.97 Å². The predicted octanol–water partition coefficient (Wildman–Crippen LogP) is 3.81. The molecule has 0 aliphatic rings. The molecule has 1 amide bonds. The summed E-state index contributed by atoms with van der Waals surface area (Å²) >= 11 is 1.19. The van der Waals surface area contributed by atoms with Gasteiger partial charge in [-0.1, -0.05) is 11.8 Å². The van der Waals surface area contributed by atoms with Crippen LogP contribution in [0, 0.1) is 6.92 Å². The van der Waals surface area contributed by atoms with Gasteiger partial charge in [0.15, 0.2) is 17.4 Å². The number of amides is 1. The van der Waals surface area contributed by atoms with E-state index in [0.29, 0.717) is 33.6 Å². The van der Waals surface area contributed by atoms with Crippen LogP contribution in [0.4, 0.5) is 0 Å². The Balaban J connectivity index is 1.76. The largest absolute Gasteiger partial charge is 0.467 e. The number of nitrogens with one attached hydrogen (secondary N) is 1. The first-order chi connectivity index (χ1) is 13.0. The number of rotatable bonds is 7. The Morgan fingerprint density at radius 1 is 1.19 bits per heavy atom. The van der Waals surface area contributed by atoms with Crippen LogP contribution < -0.4 is 5.32 Å². The Morgan fingerprint density at radius 3 is 2.56 bits per heavy atom. The summed E-state index contributed by atoms with van der Waals surface area (Å²) in [6.07, 6.45) is 3.09. The van der Waals surface area contributed by atoms with E-state index in [1.54, 1.807) is 37.5 Å².